The maximum absolute atomic E-state index is 13.4. The largest absolute Gasteiger partial charge is 0.443 e. The molecule has 5 nitrogen and oxygen atoms in total. The van der Waals surface area contributed by atoms with Gasteiger partial charge in [-0.3, -0.25) is 0 Å². The van der Waals surface area contributed by atoms with Crippen LogP contribution in [0.5, 0.6) is 5.88 Å². The van der Waals surface area contributed by atoms with Crippen molar-refractivity contribution in [1.82, 2.24) is 4.57 Å². The Bertz CT molecular complexity index is 1420. The van der Waals surface area contributed by atoms with Crippen LogP contribution in [0, 0.1) is 13.8 Å². The van der Waals surface area contributed by atoms with Crippen molar-refractivity contribution in [1.29, 1.82) is 0 Å². The Hall–Kier alpha value is -4.12. The molecular weight excluding hydrogens is 438 g/mol. The van der Waals surface area contributed by atoms with Gasteiger partial charge in [0.05, 0.1) is 16.7 Å². The molecule has 0 bridgehead atoms. The van der Waals surface area contributed by atoms with Gasteiger partial charge in [-0.25, -0.2) is 14.2 Å². The van der Waals surface area contributed by atoms with Gasteiger partial charge >= 0.3 is 12.1 Å². The van der Waals surface area contributed by atoms with Crippen LogP contribution in [0.3, 0.4) is 0 Å². The number of fused-ring (bicyclic) bond motifs is 1. The molecule has 5 heteroatoms. The van der Waals surface area contributed by atoms with E-state index in [9.17, 15) is 9.59 Å². The zero-order valence-electron chi connectivity index (χ0n) is 20.7. The van der Waals surface area contributed by atoms with E-state index in [-0.39, 0.29) is 11.5 Å². The van der Waals surface area contributed by atoms with E-state index < -0.39 is 17.7 Å². The lowest BCUT2D eigenvalue weighted by Crippen LogP contribution is -2.28. The monoisotopic (exact) mass is 467 g/mol. The number of nitrogens with zero attached hydrogens (tertiary/aromatic N) is 1. The second-order valence-corrected chi connectivity index (χ2v) is 9.62. The number of esters is 1. The first kappa shape index (κ1) is 24.0. The van der Waals surface area contributed by atoms with Gasteiger partial charge in [0.25, 0.3) is 0 Å². The molecular formula is C30H29NO4. The van der Waals surface area contributed by atoms with Crippen LogP contribution in [0.25, 0.3) is 27.6 Å². The summed E-state index contributed by atoms with van der Waals surface area (Å²) in [7, 11) is 0. The predicted octanol–water partition coefficient (Wildman–Crippen LogP) is 7.33. The average Bonchev–Trinajstić information content (AvgIpc) is 3.11. The molecule has 4 aromatic rings. The molecule has 0 spiro atoms. The maximum Gasteiger partial charge on any atom is 0.421 e. The molecule has 0 radical (unpaired) electrons. The third kappa shape index (κ3) is 5.04. The molecule has 178 valence electrons. The summed E-state index contributed by atoms with van der Waals surface area (Å²) in [5, 5.41) is 0.775. The van der Waals surface area contributed by atoms with E-state index >= 15 is 0 Å². The van der Waals surface area contributed by atoms with Gasteiger partial charge in [0, 0.05) is 5.39 Å². The van der Waals surface area contributed by atoms with Crippen molar-refractivity contribution in [2.75, 3.05) is 0 Å². The highest BCUT2D eigenvalue weighted by Gasteiger charge is 2.29. The highest BCUT2D eigenvalue weighted by Crippen LogP contribution is 2.42. The topological polar surface area (TPSA) is 57.5 Å². The van der Waals surface area contributed by atoms with Crippen molar-refractivity contribution in [2.45, 2.75) is 40.2 Å². The Balaban J connectivity index is 1.95. The number of hydrogen-bond donors (Lipinski definition) is 0. The van der Waals surface area contributed by atoms with Crippen LogP contribution in [0.2, 0.25) is 0 Å². The summed E-state index contributed by atoms with van der Waals surface area (Å²) >= 11 is 0. The van der Waals surface area contributed by atoms with Gasteiger partial charge < -0.3 is 9.47 Å². The molecule has 35 heavy (non-hydrogen) atoms. The first-order valence-corrected chi connectivity index (χ1v) is 11.5. The molecule has 0 aliphatic carbocycles. The fourth-order valence-electron chi connectivity index (χ4n) is 4.11. The minimum Gasteiger partial charge on any atom is -0.443 e. The number of rotatable bonds is 4. The molecule has 0 unspecified atom stereocenters. The van der Waals surface area contributed by atoms with Gasteiger partial charge in [-0.1, -0.05) is 84.4 Å². The van der Waals surface area contributed by atoms with E-state index in [4.69, 9.17) is 9.47 Å². The van der Waals surface area contributed by atoms with Gasteiger partial charge in [0.2, 0.25) is 5.88 Å². The lowest BCUT2D eigenvalue weighted by molar-refractivity contribution is -0.128. The van der Waals surface area contributed by atoms with Crippen LogP contribution in [-0.2, 0) is 9.53 Å². The molecule has 1 heterocycles. The van der Waals surface area contributed by atoms with E-state index in [0.29, 0.717) is 16.6 Å². The second kappa shape index (κ2) is 9.26. The predicted molar refractivity (Wildman–Crippen MR) is 140 cm³/mol. The SMILES string of the molecule is C=C(C(=O)Oc1c(-c2cc(C)cc(C)c2)c2ccccc2n1C(=O)OC(C)(C)C)c1ccccc1. The summed E-state index contributed by atoms with van der Waals surface area (Å²) in [6.07, 6.45) is -0.627. The Morgan fingerprint density at radius 3 is 2.09 bits per heavy atom. The zero-order valence-corrected chi connectivity index (χ0v) is 20.7. The molecule has 0 saturated carbocycles. The first-order valence-electron chi connectivity index (χ1n) is 11.5. The molecule has 0 amide bonds. The standard InChI is InChI=1S/C30H29NO4/c1-19-16-20(2)18-23(17-19)26-24-14-10-11-15-25(24)31(29(33)35-30(4,5)6)27(26)34-28(32)21(3)22-12-8-7-9-13-22/h7-18H,3H2,1-2,4-6H3. The molecule has 3 aromatic carbocycles. The van der Waals surface area contributed by atoms with Gasteiger partial charge in [0.15, 0.2) is 0 Å². The lowest BCUT2D eigenvalue weighted by Gasteiger charge is -2.21. The molecule has 0 aliphatic rings. The number of carbonyl (C=O) groups excluding carboxylic acids is 2. The Morgan fingerprint density at radius 2 is 1.46 bits per heavy atom. The van der Waals surface area contributed by atoms with Gasteiger partial charge in [-0.05, 0) is 51.8 Å². The summed E-state index contributed by atoms with van der Waals surface area (Å²) in [6.45, 7) is 13.3. The van der Waals surface area contributed by atoms with Gasteiger partial charge in [-0.2, -0.15) is 0 Å². The average molecular weight is 468 g/mol. The maximum atomic E-state index is 13.4. The van der Waals surface area contributed by atoms with Gasteiger partial charge in [-0.15, -0.1) is 0 Å². The number of hydrogen-bond acceptors (Lipinski definition) is 4. The first-order chi connectivity index (χ1) is 16.5. The molecule has 0 atom stereocenters. The highest BCUT2D eigenvalue weighted by atomic mass is 16.6. The fourth-order valence-corrected chi connectivity index (χ4v) is 4.11. The molecule has 1 aromatic heterocycles. The third-order valence-corrected chi connectivity index (χ3v) is 5.48. The van der Waals surface area contributed by atoms with E-state index in [0.717, 1.165) is 22.1 Å². The highest BCUT2D eigenvalue weighted by molar-refractivity contribution is 6.17. The summed E-state index contributed by atoms with van der Waals surface area (Å²) in [5.41, 5.74) is 4.28. The molecule has 4 rings (SSSR count). The van der Waals surface area contributed by atoms with Crippen molar-refractivity contribution in [3.05, 3.63) is 96.1 Å². The van der Waals surface area contributed by atoms with Crippen LogP contribution >= 0.6 is 0 Å². The number of aryl methyl sites for hydroxylation is 2. The van der Waals surface area contributed by atoms with Crippen LogP contribution in [0.1, 0.15) is 37.5 Å². The molecule has 0 fully saturated rings. The quantitative estimate of drug-likeness (QED) is 0.233. The normalized spacial score (nSPS) is 11.3. The minimum absolute atomic E-state index is 0.104. The van der Waals surface area contributed by atoms with Crippen molar-refractivity contribution in [3.63, 3.8) is 0 Å². The Kier molecular flexibility index (Phi) is 6.35. The van der Waals surface area contributed by atoms with Crippen LogP contribution in [-0.4, -0.2) is 22.2 Å². The Labute approximate surface area is 205 Å². The van der Waals surface area contributed by atoms with Crippen molar-refractivity contribution >= 4 is 28.5 Å². The number of carbonyl (C=O) groups is 2. The lowest BCUT2D eigenvalue weighted by atomic mass is 10.00. The molecule has 0 saturated heterocycles. The molecule has 0 N–H and O–H groups in total. The second-order valence-electron chi connectivity index (χ2n) is 9.62. The van der Waals surface area contributed by atoms with Gasteiger partial charge in [0.1, 0.15) is 5.60 Å². The van der Waals surface area contributed by atoms with E-state index in [1.165, 1.54) is 4.57 Å². The summed E-state index contributed by atoms with van der Waals surface area (Å²) in [5.74, 6) is -0.540. The van der Waals surface area contributed by atoms with Crippen molar-refractivity contribution in [2.24, 2.45) is 0 Å². The van der Waals surface area contributed by atoms with Crippen molar-refractivity contribution in [3.8, 4) is 17.0 Å². The minimum atomic E-state index is -0.739. The van der Waals surface area contributed by atoms with E-state index in [1.807, 2.05) is 68.4 Å². The number of para-hydroxylation sites is 1. The van der Waals surface area contributed by atoms with E-state index in [2.05, 4.69) is 12.6 Å². The third-order valence-electron chi connectivity index (χ3n) is 5.48. The number of benzene rings is 3. The van der Waals surface area contributed by atoms with Crippen LogP contribution in [0.4, 0.5) is 4.79 Å². The van der Waals surface area contributed by atoms with Crippen molar-refractivity contribution < 1.29 is 19.1 Å². The van der Waals surface area contributed by atoms with E-state index in [1.54, 1.807) is 32.9 Å². The number of ether oxygens (including phenoxy) is 2. The smallest absolute Gasteiger partial charge is 0.421 e. The van der Waals surface area contributed by atoms with Crippen LogP contribution in [0.15, 0.2) is 79.4 Å². The molecule has 0 aliphatic heterocycles. The summed E-state index contributed by atoms with van der Waals surface area (Å²) in [4.78, 5) is 26.7. The zero-order chi connectivity index (χ0) is 25.3. The van der Waals surface area contributed by atoms with Crippen LogP contribution < -0.4 is 4.74 Å². The Morgan fingerprint density at radius 1 is 0.857 bits per heavy atom. The number of aromatic nitrogens is 1. The fraction of sp³-hybridized carbons (Fsp3) is 0.200. The summed E-state index contributed by atoms with van der Waals surface area (Å²) in [6, 6.07) is 22.6. The summed E-state index contributed by atoms with van der Waals surface area (Å²) < 4.78 is 13.0.